The van der Waals surface area contributed by atoms with Crippen LogP contribution >= 0.6 is 0 Å². The van der Waals surface area contributed by atoms with Gasteiger partial charge in [-0.1, -0.05) is 13.8 Å². The van der Waals surface area contributed by atoms with Crippen LogP contribution < -0.4 is 9.46 Å². The lowest BCUT2D eigenvalue weighted by Gasteiger charge is -2.17. The van der Waals surface area contributed by atoms with E-state index < -0.39 is 22.5 Å². The Balaban J connectivity index is 2.66. The van der Waals surface area contributed by atoms with Crippen LogP contribution in [0.3, 0.4) is 0 Å². The van der Waals surface area contributed by atoms with Crippen LogP contribution in [0.5, 0.6) is 5.75 Å². The van der Waals surface area contributed by atoms with Crippen LogP contribution in [0.15, 0.2) is 29.2 Å². The van der Waals surface area contributed by atoms with E-state index in [0.717, 1.165) is 0 Å². The highest BCUT2D eigenvalue weighted by Gasteiger charge is 2.18. The maximum Gasteiger partial charge on any atom is 0.260 e. The first-order valence-electron chi connectivity index (χ1n) is 6.39. The second-order valence-corrected chi connectivity index (χ2v) is 6.64. The predicted molar refractivity (Wildman–Crippen MR) is 76.5 cm³/mol. The Kier molecular flexibility index (Phi) is 6.13. The Morgan fingerprint density at radius 1 is 1.33 bits per heavy atom. The zero-order chi connectivity index (χ0) is 16.0. The number of nitrogens with one attached hydrogen (secondary N) is 1. The Hall–Kier alpha value is -1.64. The first-order valence-corrected chi connectivity index (χ1v) is 7.87. The monoisotopic (exact) mass is 316 g/mol. The minimum Gasteiger partial charge on any atom is -0.497 e. The topological polar surface area (TPSA) is 95.9 Å². The van der Waals surface area contributed by atoms with Gasteiger partial charge in [0.25, 0.3) is 5.91 Å². The van der Waals surface area contributed by atoms with Gasteiger partial charge >= 0.3 is 0 Å². The van der Waals surface area contributed by atoms with Crippen molar-refractivity contribution in [3.63, 3.8) is 0 Å². The summed E-state index contributed by atoms with van der Waals surface area (Å²) in [6.07, 6.45) is 0. The Labute approximate surface area is 124 Å². The first-order chi connectivity index (χ1) is 9.76. The molecule has 0 aliphatic carbocycles. The summed E-state index contributed by atoms with van der Waals surface area (Å²) in [7, 11) is -2.33. The maximum atomic E-state index is 12.0. The number of carbonyl (C=O) groups is 1. The van der Waals surface area contributed by atoms with Crippen molar-refractivity contribution >= 4 is 15.9 Å². The molecule has 0 saturated heterocycles. The van der Waals surface area contributed by atoms with Gasteiger partial charge < -0.3 is 4.74 Å². The Morgan fingerprint density at radius 2 is 1.90 bits per heavy atom. The maximum absolute atomic E-state index is 12.0. The minimum absolute atomic E-state index is 0.0180. The van der Waals surface area contributed by atoms with E-state index in [2.05, 4.69) is 4.72 Å². The van der Waals surface area contributed by atoms with Crippen molar-refractivity contribution < 1.29 is 23.2 Å². The molecule has 0 spiro atoms. The number of carbonyl (C=O) groups excluding carboxylic acids is 1. The summed E-state index contributed by atoms with van der Waals surface area (Å²) in [5, 5.41) is 9.97. The van der Waals surface area contributed by atoms with Crippen molar-refractivity contribution in [3.05, 3.63) is 24.3 Å². The lowest BCUT2D eigenvalue weighted by atomic mass is 10.2. The smallest absolute Gasteiger partial charge is 0.260 e. The van der Waals surface area contributed by atoms with Crippen LogP contribution in [0.25, 0.3) is 0 Å². The first kappa shape index (κ1) is 17.4. The van der Waals surface area contributed by atoms with Crippen LogP contribution in [0, 0.1) is 5.92 Å². The van der Waals surface area contributed by atoms with E-state index in [4.69, 9.17) is 4.74 Å². The molecule has 0 radical (unpaired) electrons. The van der Waals surface area contributed by atoms with E-state index in [1.807, 2.05) is 13.8 Å². The molecule has 0 fully saturated rings. The van der Waals surface area contributed by atoms with E-state index in [1.165, 1.54) is 31.4 Å². The molecule has 0 bridgehead atoms. The molecule has 0 atom stereocenters. The fraction of sp³-hybridized carbons (Fsp3) is 0.462. The molecule has 21 heavy (non-hydrogen) atoms. The van der Waals surface area contributed by atoms with Gasteiger partial charge in [0.2, 0.25) is 10.0 Å². The quantitative estimate of drug-likeness (QED) is 0.574. The van der Waals surface area contributed by atoms with E-state index in [1.54, 1.807) is 0 Å². The Morgan fingerprint density at radius 3 is 2.38 bits per heavy atom. The van der Waals surface area contributed by atoms with Gasteiger partial charge in [0.1, 0.15) is 5.75 Å². The number of hydrogen-bond acceptors (Lipinski definition) is 5. The van der Waals surface area contributed by atoms with Crippen molar-refractivity contribution in [1.82, 2.24) is 9.79 Å². The summed E-state index contributed by atoms with van der Waals surface area (Å²) in [6.45, 7) is 3.30. The van der Waals surface area contributed by atoms with E-state index in [0.29, 0.717) is 10.8 Å². The van der Waals surface area contributed by atoms with Gasteiger partial charge in [-0.2, -0.15) is 0 Å². The fourth-order valence-electron chi connectivity index (χ4n) is 1.53. The molecule has 0 heterocycles. The summed E-state index contributed by atoms with van der Waals surface area (Å²) >= 11 is 0. The highest BCUT2D eigenvalue weighted by atomic mass is 32.2. The van der Waals surface area contributed by atoms with Crippen LogP contribution in [0.4, 0.5) is 0 Å². The zero-order valence-corrected chi connectivity index (χ0v) is 13.1. The number of amides is 1. The third-order valence-corrected chi connectivity index (χ3v) is 4.03. The van der Waals surface area contributed by atoms with Crippen LogP contribution in [-0.2, 0) is 14.8 Å². The molecule has 0 aliphatic rings. The number of benzene rings is 1. The van der Waals surface area contributed by atoms with Crippen LogP contribution in [0.1, 0.15) is 13.8 Å². The Bertz CT molecular complexity index is 569. The van der Waals surface area contributed by atoms with Crippen molar-refractivity contribution in [1.29, 1.82) is 0 Å². The molecule has 2 N–H and O–H groups in total. The number of sulfonamides is 1. The number of hydrogen-bond donors (Lipinski definition) is 2. The summed E-state index contributed by atoms with van der Waals surface area (Å²) in [5.41, 5.74) is 0. The molecule has 0 aromatic heterocycles. The molecular formula is C13H20N2O5S. The standard InChI is InChI=1S/C13H20N2O5S/c1-10(2)9-15(17)13(16)8-14-21(18,19)12-6-4-11(20-3)5-7-12/h4-7,10,14,17H,8-9H2,1-3H3. The lowest BCUT2D eigenvalue weighted by molar-refractivity contribution is -0.165. The average molecular weight is 316 g/mol. The van der Waals surface area contributed by atoms with Crippen molar-refractivity contribution in [3.8, 4) is 5.75 Å². The molecule has 1 rings (SSSR count). The molecule has 0 aliphatic heterocycles. The van der Waals surface area contributed by atoms with E-state index >= 15 is 0 Å². The van der Waals surface area contributed by atoms with Gasteiger partial charge in [0.05, 0.1) is 25.1 Å². The predicted octanol–water partition coefficient (Wildman–Crippen LogP) is 0.847. The average Bonchev–Trinajstić information content (AvgIpc) is 2.44. The second-order valence-electron chi connectivity index (χ2n) is 4.87. The summed E-state index contributed by atoms with van der Waals surface area (Å²) in [5.74, 6) is -0.0959. The molecule has 0 unspecified atom stereocenters. The number of hydroxylamine groups is 2. The lowest BCUT2D eigenvalue weighted by Crippen LogP contribution is -2.39. The molecule has 0 saturated carbocycles. The molecule has 1 amide bonds. The minimum atomic E-state index is -3.81. The van der Waals surface area contributed by atoms with Crippen molar-refractivity contribution in [2.24, 2.45) is 5.92 Å². The number of ether oxygens (including phenoxy) is 1. The summed E-state index contributed by atoms with van der Waals surface area (Å²) in [4.78, 5) is 11.6. The summed E-state index contributed by atoms with van der Waals surface area (Å²) in [6, 6.07) is 5.76. The number of rotatable bonds is 7. The highest BCUT2D eigenvalue weighted by Crippen LogP contribution is 2.15. The van der Waals surface area contributed by atoms with Gasteiger partial charge in [-0.25, -0.2) is 18.2 Å². The molecule has 118 valence electrons. The largest absolute Gasteiger partial charge is 0.497 e. The molecular weight excluding hydrogens is 296 g/mol. The summed E-state index contributed by atoms with van der Waals surface area (Å²) < 4.78 is 31.0. The normalized spacial score (nSPS) is 11.5. The zero-order valence-electron chi connectivity index (χ0n) is 12.2. The molecule has 1 aromatic rings. The highest BCUT2D eigenvalue weighted by molar-refractivity contribution is 7.89. The molecule has 1 aromatic carbocycles. The van der Waals surface area contributed by atoms with Crippen LogP contribution in [0.2, 0.25) is 0 Å². The third kappa shape index (κ3) is 5.33. The third-order valence-electron chi connectivity index (χ3n) is 2.61. The van der Waals surface area contributed by atoms with Crippen LogP contribution in [-0.4, -0.2) is 44.8 Å². The molecule has 7 nitrogen and oxygen atoms in total. The van der Waals surface area contributed by atoms with Gasteiger partial charge in [0.15, 0.2) is 0 Å². The molecule has 8 heteroatoms. The van der Waals surface area contributed by atoms with Crippen molar-refractivity contribution in [2.75, 3.05) is 20.2 Å². The SMILES string of the molecule is COc1ccc(S(=O)(=O)NCC(=O)N(O)CC(C)C)cc1. The van der Waals surface area contributed by atoms with E-state index in [9.17, 15) is 18.4 Å². The van der Waals surface area contributed by atoms with E-state index in [-0.39, 0.29) is 17.4 Å². The van der Waals surface area contributed by atoms with Gasteiger partial charge in [0, 0.05) is 0 Å². The van der Waals surface area contributed by atoms with Gasteiger partial charge in [-0.15, -0.1) is 0 Å². The number of methoxy groups -OCH3 is 1. The number of nitrogens with zero attached hydrogens (tertiary/aromatic N) is 1. The second kappa shape index (κ2) is 7.39. The fourth-order valence-corrected chi connectivity index (χ4v) is 2.51. The van der Waals surface area contributed by atoms with Gasteiger partial charge in [-0.3, -0.25) is 10.0 Å². The van der Waals surface area contributed by atoms with Gasteiger partial charge in [-0.05, 0) is 30.2 Å². The van der Waals surface area contributed by atoms with Crippen molar-refractivity contribution in [2.45, 2.75) is 18.7 Å².